The molecule has 0 atom stereocenters. The Hall–Kier alpha value is -1.81. The van der Waals surface area contributed by atoms with E-state index >= 15 is 0 Å². The first-order chi connectivity index (χ1) is 9.15. The molecule has 1 heterocycles. The maximum absolute atomic E-state index is 5.95. The minimum atomic E-state index is 0.647. The third-order valence-electron chi connectivity index (χ3n) is 2.68. The normalized spacial score (nSPS) is 10.3. The zero-order chi connectivity index (χ0) is 13.7. The predicted octanol–water partition coefficient (Wildman–Crippen LogP) is 2.85. The first kappa shape index (κ1) is 13.6. The van der Waals surface area contributed by atoms with E-state index in [0.29, 0.717) is 5.95 Å². The smallest absolute Gasteiger partial charge is 0.224 e. The third-order valence-corrected chi connectivity index (χ3v) is 2.92. The van der Waals surface area contributed by atoms with Gasteiger partial charge in [0.05, 0.1) is 0 Å². The molecule has 1 aromatic heterocycles. The van der Waals surface area contributed by atoms with Gasteiger partial charge in [-0.2, -0.15) is 4.98 Å². The van der Waals surface area contributed by atoms with Crippen molar-refractivity contribution < 1.29 is 0 Å². The van der Waals surface area contributed by atoms with Gasteiger partial charge in [-0.25, -0.2) is 4.98 Å². The number of hydrogen-bond acceptors (Lipinski definition) is 4. The van der Waals surface area contributed by atoms with Crippen molar-refractivity contribution in [1.29, 1.82) is 0 Å². The summed E-state index contributed by atoms with van der Waals surface area (Å²) in [6, 6.07) is 9.75. The number of benzene rings is 1. The molecule has 100 valence electrons. The van der Waals surface area contributed by atoms with Crippen molar-refractivity contribution in [1.82, 2.24) is 9.97 Å². The van der Waals surface area contributed by atoms with Gasteiger partial charge in [0.2, 0.25) is 5.95 Å². The molecule has 0 aliphatic heterocycles. The Kier molecular flexibility index (Phi) is 4.58. The van der Waals surface area contributed by atoms with Gasteiger partial charge in [-0.1, -0.05) is 23.7 Å². The number of aromatic nitrogens is 2. The van der Waals surface area contributed by atoms with E-state index in [1.54, 1.807) is 6.20 Å². The second-order valence-electron chi connectivity index (χ2n) is 4.44. The van der Waals surface area contributed by atoms with Crippen LogP contribution in [0.3, 0.4) is 0 Å². The molecule has 0 radical (unpaired) electrons. The standard InChI is InChI=1S/C14H17ClN4/c1-19(2)13-7-9-17-14(18-13)16-8-6-11-4-3-5-12(15)10-11/h3-5,7,9-10H,6,8H2,1-2H3,(H,16,17,18). The number of rotatable bonds is 5. The molecule has 0 saturated carbocycles. The number of nitrogens with one attached hydrogen (secondary N) is 1. The summed E-state index contributed by atoms with van der Waals surface area (Å²) < 4.78 is 0. The van der Waals surface area contributed by atoms with Gasteiger partial charge in [-0.15, -0.1) is 0 Å². The Morgan fingerprint density at radius 3 is 2.84 bits per heavy atom. The van der Waals surface area contributed by atoms with E-state index in [9.17, 15) is 0 Å². The molecule has 1 N–H and O–H groups in total. The summed E-state index contributed by atoms with van der Waals surface area (Å²) in [5.74, 6) is 1.54. The van der Waals surface area contributed by atoms with E-state index < -0.39 is 0 Å². The average molecular weight is 277 g/mol. The molecule has 5 heteroatoms. The molecule has 0 saturated heterocycles. The fourth-order valence-corrected chi connectivity index (χ4v) is 1.91. The fraction of sp³-hybridized carbons (Fsp3) is 0.286. The van der Waals surface area contributed by atoms with Gasteiger partial charge >= 0.3 is 0 Å². The summed E-state index contributed by atoms with van der Waals surface area (Å²) in [4.78, 5) is 10.5. The first-order valence-corrected chi connectivity index (χ1v) is 6.51. The van der Waals surface area contributed by atoms with Crippen molar-refractivity contribution in [2.24, 2.45) is 0 Å². The predicted molar refractivity (Wildman–Crippen MR) is 80.0 cm³/mol. The van der Waals surface area contributed by atoms with Crippen LogP contribution in [0.25, 0.3) is 0 Å². The van der Waals surface area contributed by atoms with E-state index in [1.807, 2.05) is 43.3 Å². The van der Waals surface area contributed by atoms with Crippen LogP contribution in [0, 0.1) is 0 Å². The fourth-order valence-electron chi connectivity index (χ4n) is 1.69. The average Bonchev–Trinajstić information content (AvgIpc) is 2.39. The Morgan fingerprint density at radius 2 is 2.11 bits per heavy atom. The largest absolute Gasteiger partial charge is 0.363 e. The van der Waals surface area contributed by atoms with Gasteiger partial charge in [-0.05, 0) is 30.2 Å². The maximum Gasteiger partial charge on any atom is 0.224 e. The maximum atomic E-state index is 5.95. The summed E-state index contributed by atoms with van der Waals surface area (Å²) in [6.07, 6.45) is 2.64. The van der Waals surface area contributed by atoms with Crippen LogP contribution in [0.1, 0.15) is 5.56 Å². The summed E-state index contributed by atoms with van der Waals surface area (Å²) in [6.45, 7) is 0.775. The van der Waals surface area contributed by atoms with E-state index in [1.165, 1.54) is 5.56 Å². The Labute approximate surface area is 118 Å². The Bertz CT molecular complexity index is 542. The van der Waals surface area contributed by atoms with E-state index in [2.05, 4.69) is 21.4 Å². The van der Waals surface area contributed by atoms with Crippen molar-refractivity contribution in [2.75, 3.05) is 30.9 Å². The van der Waals surface area contributed by atoms with Gasteiger partial charge in [0, 0.05) is 31.9 Å². The Morgan fingerprint density at radius 1 is 1.26 bits per heavy atom. The third kappa shape index (κ3) is 4.10. The second kappa shape index (κ2) is 6.38. The highest BCUT2D eigenvalue weighted by molar-refractivity contribution is 6.30. The lowest BCUT2D eigenvalue weighted by Gasteiger charge is -2.12. The van der Waals surface area contributed by atoms with Gasteiger partial charge in [0.25, 0.3) is 0 Å². The molecule has 0 aliphatic rings. The van der Waals surface area contributed by atoms with E-state index in [-0.39, 0.29) is 0 Å². The second-order valence-corrected chi connectivity index (χ2v) is 4.88. The summed E-state index contributed by atoms with van der Waals surface area (Å²) in [5, 5.41) is 3.98. The molecule has 0 spiro atoms. The molecular formula is C14H17ClN4. The van der Waals surface area contributed by atoms with Crippen LogP contribution in [0.2, 0.25) is 5.02 Å². The van der Waals surface area contributed by atoms with E-state index in [0.717, 1.165) is 23.8 Å². The lowest BCUT2D eigenvalue weighted by atomic mass is 10.1. The van der Waals surface area contributed by atoms with Gasteiger partial charge in [0.1, 0.15) is 5.82 Å². The quantitative estimate of drug-likeness (QED) is 0.912. The molecule has 2 rings (SSSR count). The molecule has 4 nitrogen and oxygen atoms in total. The van der Waals surface area contributed by atoms with Gasteiger partial charge in [0.15, 0.2) is 0 Å². The highest BCUT2D eigenvalue weighted by Gasteiger charge is 2.00. The molecule has 1 aromatic carbocycles. The highest BCUT2D eigenvalue weighted by atomic mass is 35.5. The lowest BCUT2D eigenvalue weighted by molar-refractivity contribution is 0.969. The zero-order valence-corrected chi connectivity index (χ0v) is 11.9. The van der Waals surface area contributed by atoms with Crippen LogP contribution in [0.15, 0.2) is 36.5 Å². The monoisotopic (exact) mass is 276 g/mol. The Balaban J connectivity index is 1.90. The zero-order valence-electron chi connectivity index (χ0n) is 11.1. The SMILES string of the molecule is CN(C)c1ccnc(NCCc2cccc(Cl)c2)n1. The highest BCUT2D eigenvalue weighted by Crippen LogP contribution is 2.12. The molecule has 2 aromatic rings. The van der Waals surface area contributed by atoms with Crippen LogP contribution >= 0.6 is 11.6 Å². The van der Waals surface area contributed by atoms with Gasteiger partial charge < -0.3 is 10.2 Å². The summed E-state index contributed by atoms with van der Waals surface area (Å²) in [5.41, 5.74) is 1.20. The molecule has 0 bridgehead atoms. The number of hydrogen-bond donors (Lipinski definition) is 1. The van der Waals surface area contributed by atoms with Crippen LogP contribution in [0.4, 0.5) is 11.8 Å². The van der Waals surface area contributed by atoms with Gasteiger partial charge in [-0.3, -0.25) is 0 Å². The number of halogens is 1. The molecular weight excluding hydrogens is 260 g/mol. The van der Waals surface area contributed by atoms with Crippen molar-refractivity contribution >= 4 is 23.4 Å². The molecule has 0 unspecified atom stereocenters. The number of nitrogens with zero attached hydrogens (tertiary/aromatic N) is 3. The van der Waals surface area contributed by atoms with Crippen molar-refractivity contribution in [3.05, 3.63) is 47.1 Å². The molecule has 0 aliphatic carbocycles. The summed E-state index contributed by atoms with van der Waals surface area (Å²) in [7, 11) is 3.91. The molecule has 19 heavy (non-hydrogen) atoms. The van der Waals surface area contributed by atoms with Crippen LogP contribution in [-0.4, -0.2) is 30.6 Å². The minimum Gasteiger partial charge on any atom is -0.363 e. The molecule has 0 amide bonds. The lowest BCUT2D eigenvalue weighted by Crippen LogP contribution is -2.13. The van der Waals surface area contributed by atoms with Crippen LogP contribution < -0.4 is 10.2 Å². The number of anilines is 2. The van der Waals surface area contributed by atoms with E-state index in [4.69, 9.17) is 11.6 Å². The summed E-state index contributed by atoms with van der Waals surface area (Å²) >= 11 is 5.95. The van der Waals surface area contributed by atoms with Crippen molar-refractivity contribution in [3.63, 3.8) is 0 Å². The first-order valence-electron chi connectivity index (χ1n) is 6.14. The minimum absolute atomic E-state index is 0.647. The van der Waals surface area contributed by atoms with Crippen LogP contribution in [0.5, 0.6) is 0 Å². The topological polar surface area (TPSA) is 41.1 Å². The van der Waals surface area contributed by atoms with Crippen LogP contribution in [-0.2, 0) is 6.42 Å². The van der Waals surface area contributed by atoms with Crippen molar-refractivity contribution in [2.45, 2.75) is 6.42 Å². The molecule has 0 fully saturated rings. The van der Waals surface area contributed by atoms with Crippen molar-refractivity contribution in [3.8, 4) is 0 Å².